The highest BCUT2D eigenvalue weighted by Crippen LogP contribution is 2.25. The van der Waals surface area contributed by atoms with Crippen molar-refractivity contribution in [2.24, 2.45) is 0 Å². The summed E-state index contributed by atoms with van der Waals surface area (Å²) in [5.41, 5.74) is 4.00. The quantitative estimate of drug-likeness (QED) is 0.899. The van der Waals surface area contributed by atoms with Gasteiger partial charge in [0.05, 0.1) is 0 Å². The molecule has 3 rings (SSSR count). The number of rotatable bonds is 3. The summed E-state index contributed by atoms with van der Waals surface area (Å²) in [6, 6.07) is 9.83. The van der Waals surface area contributed by atoms with Gasteiger partial charge in [0, 0.05) is 30.7 Å². The molecule has 0 atom stereocenters. The van der Waals surface area contributed by atoms with Crippen molar-refractivity contribution in [3.05, 3.63) is 47.8 Å². The summed E-state index contributed by atoms with van der Waals surface area (Å²) in [6.07, 6.45) is 4.20. The number of benzene rings is 1. The molecular weight excluding hydrogens is 250 g/mol. The second-order valence-electron chi connectivity index (χ2n) is 5.04. The molecule has 2 N–H and O–H groups in total. The van der Waals surface area contributed by atoms with E-state index < -0.39 is 0 Å². The molecular formula is C16H19N3O. The fourth-order valence-electron chi connectivity index (χ4n) is 2.63. The molecule has 4 nitrogen and oxygen atoms in total. The van der Waals surface area contributed by atoms with E-state index in [0.29, 0.717) is 5.69 Å². The summed E-state index contributed by atoms with van der Waals surface area (Å²) >= 11 is 0. The van der Waals surface area contributed by atoms with Crippen LogP contribution in [0.25, 0.3) is 0 Å². The Bertz CT molecular complexity index is 630. The van der Waals surface area contributed by atoms with Gasteiger partial charge in [-0.3, -0.25) is 4.79 Å². The minimum absolute atomic E-state index is 0.0624. The average Bonchev–Trinajstić information content (AvgIpc) is 2.95. The van der Waals surface area contributed by atoms with Crippen LogP contribution in [0.15, 0.2) is 36.5 Å². The maximum Gasteiger partial charge on any atom is 0.272 e. The fraction of sp³-hybridized carbons (Fsp3) is 0.312. The molecule has 1 amide bonds. The second-order valence-corrected chi connectivity index (χ2v) is 5.04. The van der Waals surface area contributed by atoms with Crippen LogP contribution in [0.2, 0.25) is 0 Å². The monoisotopic (exact) mass is 269 g/mol. The molecule has 2 heterocycles. The first kappa shape index (κ1) is 12.8. The Kier molecular flexibility index (Phi) is 3.46. The van der Waals surface area contributed by atoms with Crippen molar-refractivity contribution < 1.29 is 4.79 Å². The Labute approximate surface area is 118 Å². The third kappa shape index (κ3) is 2.41. The minimum Gasteiger partial charge on any atom is -0.385 e. The van der Waals surface area contributed by atoms with Gasteiger partial charge >= 0.3 is 0 Å². The summed E-state index contributed by atoms with van der Waals surface area (Å²) in [4.78, 5) is 12.3. The predicted octanol–water partition coefficient (Wildman–Crippen LogP) is 3.12. The smallest absolute Gasteiger partial charge is 0.272 e. The van der Waals surface area contributed by atoms with Crippen LogP contribution in [0, 0.1) is 0 Å². The van der Waals surface area contributed by atoms with E-state index in [9.17, 15) is 4.79 Å². The molecule has 1 aromatic carbocycles. The van der Waals surface area contributed by atoms with Crippen LogP contribution >= 0.6 is 0 Å². The number of amides is 1. The minimum atomic E-state index is -0.0624. The Morgan fingerprint density at radius 2 is 2.30 bits per heavy atom. The highest BCUT2D eigenvalue weighted by molar-refractivity contribution is 6.03. The zero-order valence-electron chi connectivity index (χ0n) is 11.6. The molecule has 0 aliphatic carbocycles. The molecule has 1 aliphatic rings. The number of carbonyl (C=O) groups excluding carboxylic acids is 1. The Morgan fingerprint density at radius 3 is 3.15 bits per heavy atom. The van der Waals surface area contributed by atoms with Crippen molar-refractivity contribution in [2.45, 2.75) is 26.3 Å². The van der Waals surface area contributed by atoms with Gasteiger partial charge in [-0.2, -0.15) is 0 Å². The Hall–Kier alpha value is -2.23. The van der Waals surface area contributed by atoms with Gasteiger partial charge in [-0.05, 0) is 49.6 Å². The van der Waals surface area contributed by atoms with Gasteiger partial charge in [-0.1, -0.05) is 6.07 Å². The zero-order valence-corrected chi connectivity index (χ0v) is 11.6. The summed E-state index contributed by atoms with van der Waals surface area (Å²) in [5.74, 6) is -0.0624. The molecule has 104 valence electrons. The molecule has 4 heteroatoms. The first-order chi connectivity index (χ1) is 9.78. The fourth-order valence-corrected chi connectivity index (χ4v) is 2.63. The lowest BCUT2D eigenvalue weighted by Crippen LogP contribution is -2.17. The standard InChI is InChI=1S/C16H19N3O/c1-2-19-10-4-6-15(19)16(20)18-13-8-7-12-5-3-9-17-14(12)11-13/h4,6-8,10-11,17H,2-3,5,9H2,1H3,(H,18,20). The molecule has 0 fully saturated rings. The summed E-state index contributed by atoms with van der Waals surface area (Å²) in [6.45, 7) is 3.82. The molecule has 0 unspecified atom stereocenters. The van der Waals surface area contributed by atoms with Crippen LogP contribution in [0.4, 0.5) is 11.4 Å². The topological polar surface area (TPSA) is 46.1 Å². The van der Waals surface area contributed by atoms with Gasteiger partial charge in [0.2, 0.25) is 0 Å². The van der Waals surface area contributed by atoms with Crippen molar-refractivity contribution in [3.63, 3.8) is 0 Å². The van der Waals surface area contributed by atoms with Crippen LogP contribution in [-0.4, -0.2) is 17.0 Å². The molecule has 2 aromatic rings. The number of anilines is 2. The van der Waals surface area contributed by atoms with E-state index in [1.807, 2.05) is 42.0 Å². The first-order valence-electron chi connectivity index (χ1n) is 7.11. The molecule has 0 bridgehead atoms. The molecule has 0 saturated heterocycles. The third-order valence-electron chi connectivity index (χ3n) is 3.71. The van der Waals surface area contributed by atoms with Crippen molar-refractivity contribution in [1.29, 1.82) is 0 Å². The molecule has 1 aliphatic heterocycles. The van der Waals surface area contributed by atoms with E-state index in [2.05, 4.69) is 16.7 Å². The summed E-state index contributed by atoms with van der Waals surface area (Å²) in [5, 5.41) is 6.35. The van der Waals surface area contributed by atoms with E-state index in [0.717, 1.165) is 30.9 Å². The largest absolute Gasteiger partial charge is 0.385 e. The predicted molar refractivity (Wildman–Crippen MR) is 81.3 cm³/mol. The van der Waals surface area contributed by atoms with Crippen LogP contribution < -0.4 is 10.6 Å². The third-order valence-corrected chi connectivity index (χ3v) is 3.71. The van der Waals surface area contributed by atoms with E-state index >= 15 is 0 Å². The number of nitrogens with zero attached hydrogens (tertiary/aromatic N) is 1. The van der Waals surface area contributed by atoms with E-state index in [4.69, 9.17) is 0 Å². The van der Waals surface area contributed by atoms with Crippen LogP contribution in [0.1, 0.15) is 29.4 Å². The SMILES string of the molecule is CCn1cccc1C(=O)Nc1ccc2c(c1)NCCC2. The van der Waals surface area contributed by atoms with Gasteiger partial charge < -0.3 is 15.2 Å². The van der Waals surface area contributed by atoms with Crippen LogP contribution in [-0.2, 0) is 13.0 Å². The number of hydrogen-bond donors (Lipinski definition) is 2. The highest BCUT2D eigenvalue weighted by Gasteiger charge is 2.12. The number of hydrogen-bond acceptors (Lipinski definition) is 2. The van der Waals surface area contributed by atoms with Crippen molar-refractivity contribution in [1.82, 2.24) is 4.57 Å². The molecule has 1 aromatic heterocycles. The summed E-state index contributed by atoms with van der Waals surface area (Å²) < 4.78 is 1.94. The van der Waals surface area contributed by atoms with Crippen LogP contribution in [0.3, 0.4) is 0 Å². The number of fused-ring (bicyclic) bond motifs is 1. The maximum atomic E-state index is 12.3. The molecule has 20 heavy (non-hydrogen) atoms. The Morgan fingerprint density at radius 1 is 1.40 bits per heavy atom. The zero-order chi connectivity index (χ0) is 13.9. The normalized spacial score (nSPS) is 13.4. The van der Waals surface area contributed by atoms with Gasteiger partial charge in [0.15, 0.2) is 0 Å². The van der Waals surface area contributed by atoms with Crippen LogP contribution in [0.5, 0.6) is 0 Å². The van der Waals surface area contributed by atoms with Gasteiger partial charge in [-0.25, -0.2) is 0 Å². The van der Waals surface area contributed by atoms with Crippen molar-refractivity contribution in [3.8, 4) is 0 Å². The molecule has 0 saturated carbocycles. The van der Waals surface area contributed by atoms with Gasteiger partial charge in [0.25, 0.3) is 5.91 Å². The lowest BCUT2D eigenvalue weighted by Gasteiger charge is -2.19. The second kappa shape index (κ2) is 5.41. The summed E-state index contributed by atoms with van der Waals surface area (Å²) in [7, 11) is 0. The highest BCUT2D eigenvalue weighted by atomic mass is 16.1. The lowest BCUT2D eigenvalue weighted by molar-refractivity contribution is 0.101. The number of aryl methyl sites for hydroxylation is 2. The van der Waals surface area contributed by atoms with Gasteiger partial charge in [0.1, 0.15) is 5.69 Å². The van der Waals surface area contributed by atoms with E-state index in [-0.39, 0.29) is 5.91 Å². The average molecular weight is 269 g/mol. The molecule has 0 spiro atoms. The number of carbonyl (C=O) groups is 1. The number of aromatic nitrogens is 1. The Balaban J connectivity index is 1.79. The first-order valence-corrected chi connectivity index (χ1v) is 7.11. The molecule has 0 radical (unpaired) electrons. The lowest BCUT2D eigenvalue weighted by atomic mass is 10.0. The van der Waals surface area contributed by atoms with Gasteiger partial charge in [-0.15, -0.1) is 0 Å². The number of nitrogens with one attached hydrogen (secondary N) is 2. The van der Waals surface area contributed by atoms with Crippen molar-refractivity contribution >= 4 is 17.3 Å². The van der Waals surface area contributed by atoms with Crippen molar-refractivity contribution in [2.75, 3.05) is 17.2 Å². The van der Waals surface area contributed by atoms with E-state index in [1.54, 1.807) is 0 Å². The maximum absolute atomic E-state index is 12.3. The van der Waals surface area contributed by atoms with E-state index in [1.165, 1.54) is 12.0 Å².